The van der Waals surface area contributed by atoms with E-state index in [0.717, 1.165) is 19.5 Å². The van der Waals surface area contributed by atoms with Crippen LogP contribution in [0.5, 0.6) is 0 Å². The smallest absolute Gasteiger partial charge is 0.289 e. The van der Waals surface area contributed by atoms with E-state index in [9.17, 15) is 9.59 Å². The molecule has 1 saturated heterocycles. The van der Waals surface area contributed by atoms with Gasteiger partial charge in [0.05, 0.1) is 6.26 Å². The number of hydrogen-bond acceptors (Lipinski definition) is 4. The number of benzene rings is 1. The molecule has 1 fully saturated rings. The summed E-state index contributed by atoms with van der Waals surface area (Å²) in [7, 11) is 0. The van der Waals surface area contributed by atoms with Crippen molar-refractivity contribution in [2.24, 2.45) is 5.92 Å². The van der Waals surface area contributed by atoms with Gasteiger partial charge < -0.3 is 14.6 Å². The quantitative estimate of drug-likeness (QED) is 0.845. The molecule has 0 spiro atoms. The molecule has 154 valence electrons. The molecule has 6 nitrogen and oxygen atoms in total. The standard InChI is InChI=1S/C23H29N3O3/c1-17(26-13-8-18-5-2-3-6-20(18)16-26)15-24-22(27)19-9-11-25(12-10-19)23(28)21-7-4-14-29-21/h2-7,14,17,19H,8-13,15-16H2,1H3,(H,24,27). The molecule has 29 heavy (non-hydrogen) atoms. The zero-order valence-corrected chi connectivity index (χ0v) is 17.0. The molecule has 1 unspecified atom stereocenters. The minimum atomic E-state index is -0.0899. The predicted octanol–water partition coefficient (Wildman–Crippen LogP) is 2.69. The Labute approximate surface area is 171 Å². The second-order valence-corrected chi connectivity index (χ2v) is 8.13. The van der Waals surface area contributed by atoms with Gasteiger partial charge in [-0.15, -0.1) is 0 Å². The molecule has 1 N–H and O–H groups in total. The third kappa shape index (κ3) is 4.53. The molecular formula is C23H29N3O3. The van der Waals surface area contributed by atoms with Gasteiger partial charge in [-0.05, 0) is 49.4 Å². The van der Waals surface area contributed by atoms with Crippen LogP contribution in [0.3, 0.4) is 0 Å². The first kappa shape index (κ1) is 19.7. The van der Waals surface area contributed by atoms with Gasteiger partial charge in [0, 0.05) is 44.7 Å². The Balaban J connectivity index is 1.22. The fourth-order valence-corrected chi connectivity index (χ4v) is 4.32. The molecule has 1 aromatic carbocycles. The number of fused-ring (bicyclic) bond motifs is 1. The van der Waals surface area contributed by atoms with Gasteiger partial charge in [-0.3, -0.25) is 14.5 Å². The van der Waals surface area contributed by atoms with Crippen molar-refractivity contribution >= 4 is 11.8 Å². The minimum Gasteiger partial charge on any atom is -0.459 e. The van der Waals surface area contributed by atoms with E-state index >= 15 is 0 Å². The highest BCUT2D eigenvalue weighted by Gasteiger charge is 2.29. The van der Waals surface area contributed by atoms with Crippen LogP contribution in [0.1, 0.15) is 41.4 Å². The van der Waals surface area contributed by atoms with Crippen LogP contribution in [0.15, 0.2) is 47.1 Å². The van der Waals surface area contributed by atoms with Gasteiger partial charge in [0.2, 0.25) is 5.91 Å². The predicted molar refractivity (Wildman–Crippen MR) is 110 cm³/mol. The van der Waals surface area contributed by atoms with Crippen LogP contribution in [-0.2, 0) is 17.8 Å². The largest absolute Gasteiger partial charge is 0.459 e. The van der Waals surface area contributed by atoms with Gasteiger partial charge in [-0.1, -0.05) is 24.3 Å². The first-order chi connectivity index (χ1) is 14.1. The molecule has 2 aliphatic rings. The van der Waals surface area contributed by atoms with Crippen LogP contribution in [0.2, 0.25) is 0 Å². The van der Waals surface area contributed by atoms with E-state index in [0.29, 0.717) is 44.3 Å². The fourth-order valence-electron chi connectivity index (χ4n) is 4.32. The maximum absolute atomic E-state index is 12.6. The molecule has 0 radical (unpaired) electrons. The number of nitrogens with zero attached hydrogens (tertiary/aromatic N) is 2. The molecule has 2 aromatic rings. The highest BCUT2D eigenvalue weighted by molar-refractivity contribution is 5.91. The Hall–Kier alpha value is -2.60. The maximum atomic E-state index is 12.6. The molecule has 6 heteroatoms. The first-order valence-corrected chi connectivity index (χ1v) is 10.5. The topological polar surface area (TPSA) is 65.8 Å². The summed E-state index contributed by atoms with van der Waals surface area (Å²) >= 11 is 0. The SMILES string of the molecule is CC(CNC(=O)C1CCN(C(=O)c2ccco2)CC1)N1CCc2ccccc2C1. The average molecular weight is 396 g/mol. The lowest BCUT2D eigenvalue weighted by molar-refractivity contribution is -0.126. The molecule has 2 amide bonds. The van der Waals surface area contributed by atoms with Gasteiger partial charge in [-0.25, -0.2) is 0 Å². The van der Waals surface area contributed by atoms with Gasteiger partial charge >= 0.3 is 0 Å². The molecule has 4 rings (SSSR count). The third-order valence-electron chi connectivity index (χ3n) is 6.24. The summed E-state index contributed by atoms with van der Waals surface area (Å²) in [6, 6.07) is 12.3. The molecule has 2 aliphatic heterocycles. The second kappa shape index (κ2) is 8.82. The number of likely N-dealkylation sites (tertiary alicyclic amines) is 1. The number of furan rings is 1. The molecule has 1 aromatic heterocycles. The number of carbonyl (C=O) groups is 2. The Morgan fingerprint density at radius 3 is 2.59 bits per heavy atom. The average Bonchev–Trinajstić information content (AvgIpc) is 3.31. The van der Waals surface area contributed by atoms with E-state index in [2.05, 4.69) is 41.4 Å². The highest BCUT2D eigenvalue weighted by atomic mass is 16.3. The van der Waals surface area contributed by atoms with Crippen LogP contribution >= 0.6 is 0 Å². The van der Waals surface area contributed by atoms with Crippen molar-refractivity contribution in [3.63, 3.8) is 0 Å². The summed E-state index contributed by atoms with van der Waals surface area (Å²) in [5.74, 6) is 0.363. The van der Waals surface area contributed by atoms with Gasteiger partial charge in [-0.2, -0.15) is 0 Å². The zero-order valence-electron chi connectivity index (χ0n) is 17.0. The monoisotopic (exact) mass is 395 g/mol. The molecular weight excluding hydrogens is 366 g/mol. The van der Waals surface area contributed by atoms with Crippen molar-refractivity contribution in [1.29, 1.82) is 0 Å². The Morgan fingerprint density at radius 2 is 1.86 bits per heavy atom. The Bertz CT molecular complexity index is 841. The van der Waals surface area contributed by atoms with Crippen LogP contribution in [0.4, 0.5) is 0 Å². The molecule has 0 saturated carbocycles. The van der Waals surface area contributed by atoms with Crippen molar-refractivity contribution in [3.05, 3.63) is 59.5 Å². The van der Waals surface area contributed by atoms with E-state index in [1.807, 2.05) is 0 Å². The van der Waals surface area contributed by atoms with E-state index in [4.69, 9.17) is 4.42 Å². The van der Waals surface area contributed by atoms with Crippen LogP contribution in [-0.4, -0.2) is 53.8 Å². The maximum Gasteiger partial charge on any atom is 0.289 e. The second-order valence-electron chi connectivity index (χ2n) is 8.13. The van der Waals surface area contributed by atoms with Crippen molar-refractivity contribution < 1.29 is 14.0 Å². The van der Waals surface area contributed by atoms with E-state index in [1.165, 1.54) is 17.4 Å². The summed E-state index contributed by atoms with van der Waals surface area (Å²) in [5.41, 5.74) is 2.83. The van der Waals surface area contributed by atoms with Crippen molar-refractivity contribution in [2.75, 3.05) is 26.2 Å². The van der Waals surface area contributed by atoms with Crippen molar-refractivity contribution in [1.82, 2.24) is 15.1 Å². The lowest BCUT2D eigenvalue weighted by Crippen LogP contribution is -2.47. The van der Waals surface area contributed by atoms with E-state index in [1.54, 1.807) is 17.0 Å². The van der Waals surface area contributed by atoms with Crippen molar-refractivity contribution in [3.8, 4) is 0 Å². The lowest BCUT2D eigenvalue weighted by Gasteiger charge is -2.34. The fraction of sp³-hybridized carbons (Fsp3) is 0.478. The Morgan fingerprint density at radius 1 is 1.10 bits per heavy atom. The van der Waals surface area contributed by atoms with E-state index < -0.39 is 0 Å². The van der Waals surface area contributed by atoms with Crippen LogP contribution in [0.25, 0.3) is 0 Å². The normalized spacial score (nSPS) is 18.9. The van der Waals surface area contributed by atoms with E-state index in [-0.39, 0.29) is 17.7 Å². The summed E-state index contributed by atoms with van der Waals surface area (Å²) < 4.78 is 5.19. The van der Waals surface area contributed by atoms with Crippen LogP contribution < -0.4 is 5.32 Å². The van der Waals surface area contributed by atoms with Gasteiger partial charge in [0.15, 0.2) is 5.76 Å². The number of piperidine rings is 1. The number of carbonyl (C=O) groups excluding carboxylic acids is 2. The summed E-state index contributed by atoms with van der Waals surface area (Å²) in [6.07, 6.45) is 3.97. The summed E-state index contributed by atoms with van der Waals surface area (Å²) in [5, 5.41) is 3.14. The number of hydrogen-bond donors (Lipinski definition) is 1. The Kier molecular flexibility index (Phi) is 6.00. The number of amides is 2. The third-order valence-corrected chi connectivity index (χ3v) is 6.24. The zero-order chi connectivity index (χ0) is 20.2. The highest BCUT2D eigenvalue weighted by Crippen LogP contribution is 2.21. The lowest BCUT2D eigenvalue weighted by atomic mass is 9.95. The molecule has 3 heterocycles. The molecule has 0 aliphatic carbocycles. The summed E-state index contributed by atoms with van der Waals surface area (Å²) in [4.78, 5) is 29.2. The minimum absolute atomic E-state index is 0.0232. The van der Waals surface area contributed by atoms with Crippen molar-refractivity contribution in [2.45, 2.75) is 38.8 Å². The molecule has 0 bridgehead atoms. The van der Waals surface area contributed by atoms with Crippen LogP contribution in [0, 0.1) is 5.92 Å². The summed E-state index contributed by atoms with van der Waals surface area (Å²) in [6.45, 7) is 6.00. The van der Waals surface area contributed by atoms with Gasteiger partial charge in [0.25, 0.3) is 5.91 Å². The number of nitrogens with one attached hydrogen (secondary N) is 1. The number of rotatable bonds is 5. The first-order valence-electron chi connectivity index (χ1n) is 10.5. The van der Waals surface area contributed by atoms with Gasteiger partial charge in [0.1, 0.15) is 0 Å². The molecule has 1 atom stereocenters.